The van der Waals surface area contributed by atoms with E-state index in [4.69, 9.17) is 15.0 Å². The molecule has 14 rings (SSSR count). The van der Waals surface area contributed by atoms with Crippen LogP contribution in [0.15, 0.2) is 255 Å². The van der Waals surface area contributed by atoms with E-state index >= 15 is 0 Å². The van der Waals surface area contributed by atoms with Gasteiger partial charge in [0.2, 0.25) is 0 Å². The van der Waals surface area contributed by atoms with Crippen LogP contribution in [0, 0.1) is 13.8 Å². The minimum absolute atomic E-state index is 0.160. The van der Waals surface area contributed by atoms with Crippen molar-refractivity contribution in [3.05, 3.63) is 288 Å². The fourth-order valence-electron chi connectivity index (χ4n) is 12.8. The second-order valence-electron chi connectivity index (χ2n) is 22.9. The molecule has 0 saturated carbocycles. The molecule has 0 N–H and O–H groups in total. The summed E-state index contributed by atoms with van der Waals surface area (Å²) in [4.78, 5) is 17.7. The monoisotopic (exact) mass is 1040 g/mol. The smallest absolute Gasteiger partial charge is 0.164 e. The van der Waals surface area contributed by atoms with Crippen molar-refractivity contribution in [3.63, 3.8) is 0 Å². The van der Waals surface area contributed by atoms with Gasteiger partial charge in [0, 0.05) is 44.6 Å². The van der Waals surface area contributed by atoms with Crippen molar-refractivity contribution in [1.29, 1.82) is 0 Å². The van der Waals surface area contributed by atoms with Gasteiger partial charge in [0.05, 0.1) is 0 Å². The number of nitrogens with zero attached hydrogens (tertiary/aromatic N) is 4. The van der Waals surface area contributed by atoms with Crippen molar-refractivity contribution in [1.82, 2.24) is 15.0 Å². The molecule has 81 heavy (non-hydrogen) atoms. The standard InChI is InChI=1S/C77H60N4/c1-49-19-16-17-28-63(49)57-33-40-67-68-41-34-58(48-72(68)77(5,6)71(67)47-57)64-42-37-62(43-50(64)2)81(61-27-18-26-59(44-61)75-79-73(53-22-12-8-13-23-53)78-74(80-75)54-24-14-9-15-25-54)60-35-29-52(30-36-60)56-32-39-66-65-38-31-55(51-20-10-7-11-21-51)45-69(65)76(3,4)70(66)46-56/h7-48H,1-6H3. The van der Waals surface area contributed by atoms with Crippen LogP contribution in [0.5, 0.6) is 0 Å². The van der Waals surface area contributed by atoms with Gasteiger partial charge in [0.1, 0.15) is 0 Å². The van der Waals surface area contributed by atoms with Crippen LogP contribution >= 0.6 is 0 Å². The molecule has 388 valence electrons. The molecule has 0 unspecified atom stereocenters. The number of fused-ring (bicyclic) bond motifs is 6. The summed E-state index contributed by atoms with van der Waals surface area (Å²) in [6, 6.07) is 92.5. The fourth-order valence-corrected chi connectivity index (χ4v) is 12.8. The van der Waals surface area contributed by atoms with E-state index in [1.54, 1.807) is 0 Å². The molecule has 0 saturated heterocycles. The molecule has 12 aromatic rings. The van der Waals surface area contributed by atoms with Crippen molar-refractivity contribution in [3.8, 4) is 101 Å². The van der Waals surface area contributed by atoms with Gasteiger partial charge in [-0.3, -0.25) is 0 Å². The SMILES string of the molecule is Cc1ccccc1-c1ccc2c(c1)C(C)(C)c1cc(-c3ccc(N(c4ccc(-c5ccc6c(c5)C(C)(C)c5cc(-c7ccccc7)ccc5-6)cc4)c4cccc(-c5nc(-c6ccccc6)nc(-c6ccccc6)n5)c4)cc3C)ccc1-2. The predicted octanol–water partition coefficient (Wildman–Crippen LogP) is 20.2. The lowest BCUT2D eigenvalue weighted by molar-refractivity contribution is 0.660. The highest BCUT2D eigenvalue weighted by Gasteiger charge is 2.37. The topological polar surface area (TPSA) is 41.9 Å². The maximum Gasteiger partial charge on any atom is 0.164 e. The van der Waals surface area contributed by atoms with Gasteiger partial charge >= 0.3 is 0 Å². The minimum Gasteiger partial charge on any atom is -0.310 e. The molecule has 2 aliphatic rings. The minimum atomic E-state index is -0.170. The Labute approximate surface area is 475 Å². The van der Waals surface area contributed by atoms with Crippen LogP contribution in [0.1, 0.15) is 61.1 Å². The molecule has 4 heteroatoms. The van der Waals surface area contributed by atoms with Crippen LogP contribution in [0.3, 0.4) is 0 Å². The lowest BCUT2D eigenvalue weighted by Crippen LogP contribution is -2.15. The summed E-state index contributed by atoms with van der Waals surface area (Å²) in [7, 11) is 0. The lowest BCUT2D eigenvalue weighted by atomic mass is 9.80. The van der Waals surface area contributed by atoms with Crippen LogP contribution in [0.25, 0.3) is 101 Å². The van der Waals surface area contributed by atoms with E-state index in [9.17, 15) is 0 Å². The lowest BCUT2D eigenvalue weighted by Gasteiger charge is -2.27. The highest BCUT2D eigenvalue weighted by Crippen LogP contribution is 2.53. The van der Waals surface area contributed by atoms with Crippen molar-refractivity contribution < 1.29 is 0 Å². The van der Waals surface area contributed by atoms with Crippen LogP contribution in [-0.4, -0.2) is 15.0 Å². The van der Waals surface area contributed by atoms with Gasteiger partial charge in [-0.15, -0.1) is 0 Å². The number of anilines is 3. The van der Waals surface area contributed by atoms with Crippen molar-refractivity contribution in [2.75, 3.05) is 4.90 Å². The second kappa shape index (κ2) is 19.5. The Balaban J connectivity index is 0.843. The van der Waals surface area contributed by atoms with Gasteiger partial charge in [-0.2, -0.15) is 0 Å². The highest BCUT2D eigenvalue weighted by atomic mass is 15.1. The molecule has 0 bridgehead atoms. The Hall–Kier alpha value is -9.77. The average Bonchev–Trinajstić information content (AvgIpc) is 3.72. The Kier molecular flexibility index (Phi) is 11.9. The molecule has 0 spiro atoms. The first kappa shape index (κ1) is 49.5. The number of hydrogen-bond acceptors (Lipinski definition) is 4. The second-order valence-corrected chi connectivity index (χ2v) is 22.9. The molecule has 0 radical (unpaired) electrons. The number of aryl methyl sites for hydroxylation is 2. The third-order valence-corrected chi connectivity index (χ3v) is 17.2. The van der Waals surface area contributed by atoms with E-state index in [2.05, 4.69) is 265 Å². The Bertz CT molecular complexity index is 4350. The van der Waals surface area contributed by atoms with Gasteiger partial charge in [0.25, 0.3) is 0 Å². The summed E-state index contributed by atoms with van der Waals surface area (Å²) in [5.74, 6) is 1.87. The van der Waals surface area contributed by atoms with Crippen LogP contribution < -0.4 is 4.90 Å². The molecule has 1 heterocycles. The van der Waals surface area contributed by atoms with E-state index in [1.807, 2.05) is 36.4 Å². The van der Waals surface area contributed by atoms with E-state index < -0.39 is 0 Å². The zero-order chi connectivity index (χ0) is 55.0. The largest absolute Gasteiger partial charge is 0.310 e. The van der Waals surface area contributed by atoms with Gasteiger partial charge in [0.15, 0.2) is 17.5 Å². The maximum atomic E-state index is 5.14. The summed E-state index contributed by atoms with van der Waals surface area (Å²) in [5, 5.41) is 0. The predicted molar refractivity (Wildman–Crippen MR) is 337 cm³/mol. The summed E-state index contributed by atoms with van der Waals surface area (Å²) in [6.07, 6.45) is 0. The first-order valence-electron chi connectivity index (χ1n) is 28.2. The van der Waals surface area contributed by atoms with Crippen LogP contribution in [-0.2, 0) is 10.8 Å². The highest BCUT2D eigenvalue weighted by molar-refractivity contribution is 5.89. The molecule has 0 atom stereocenters. The van der Waals surface area contributed by atoms with Crippen LogP contribution in [0.4, 0.5) is 17.1 Å². The summed E-state index contributed by atoms with van der Waals surface area (Å²) in [5.41, 5.74) is 28.5. The molecule has 11 aromatic carbocycles. The Morgan fingerprint density at radius 3 is 1.10 bits per heavy atom. The molecule has 4 nitrogen and oxygen atoms in total. The van der Waals surface area contributed by atoms with Gasteiger partial charge in [-0.1, -0.05) is 222 Å². The van der Waals surface area contributed by atoms with Crippen molar-refractivity contribution in [2.24, 2.45) is 0 Å². The Morgan fingerprint density at radius 2 is 0.605 bits per heavy atom. The van der Waals surface area contributed by atoms with Gasteiger partial charge in [-0.05, 0) is 175 Å². The number of benzene rings is 11. The first-order chi connectivity index (χ1) is 39.5. The normalized spacial score (nSPS) is 13.3. The quantitative estimate of drug-likeness (QED) is 0.137. The van der Waals surface area contributed by atoms with E-state index in [0.29, 0.717) is 17.5 Å². The van der Waals surface area contributed by atoms with Crippen LogP contribution in [0.2, 0.25) is 0 Å². The molecule has 0 fully saturated rings. The van der Waals surface area contributed by atoms with Crippen molar-refractivity contribution in [2.45, 2.75) is 52.4 Å². The summed E-state index contributed by atoms with van der Waals surface area (Å²) >= 11 is 0. The molecule has 2 aliphatic carbocycles. The molecule has 0 aliphatic heterocycles. The average molecular weight is 1040 g/mol. The Morgan fingerprint density at radius 1 is 0.247 bits per heavy atom. The molecular weight excluding hydrogens is 981 g/mol. The third-order valence-electron chi connectivity index (χ3n) is 17.2. The van der Waals surface area contributed by atoms with E-state index in [0.717, 1.165) is 33.8 Å². The number of aromatic nitrogens is 3. The van der Waals surface area contributed by atoms with E-state index in [1.165, 1.54) is 100 Å². The van der Waals surface area contributed by atoms with Gasteiger partial charge < -0.3 is 4.90 Å². The zero-order valence-corrected chi connectivity index (χ0v) is 46.5. The summed E-state index contributed by atoms with van der Waals surface area (Å²) < 4.78 is 0. The molecule has 1 aromatic heterocycles. The number of rotatable bonds is 10. The zero-order valence-electron chi connectivity index (χ0n) is 46.5. The molecule has 0 amide bonds. The first-order valence-corrected chi connectivity index (χ1v) is 28.2. The molecular formula is C77H60N4. The number of hydrogen-bond donors (Lipinski definition) is 0. The van der Waals surface area contributed by atoms with E-state index in [-0.39, 0.29) is 10.8 Å². The van der Waals surface area contributed by atoms with Crippen molar-refractivity contribution >= 4 is 17.1 Å². The third kappa shape index (κ3) is 8.67. The summed E-state index contributed by atoms with van der Waals surface area (Å²) in [6.45, 7) is 13.9. The maximum absolute atomic E-state index is 5.14. The fraction of sp³-hybridized carbons (Fsp3) is 0.104. The van der Waals surface area contributed by atoms with Gasteiger partial charge in [-0.25, -0.2) is 15.0 Å².